The lowest BCUT2D eigenvalue weighted by Gasteiger charge is -2.24. The molecule has 3 unspecified atom stereocenters. The van der Waals surface area contributed by atoms with Gasteiger partial charge in [0.1, 0.15) is 18.1 Å². The summed E-state index contributed by atoms with van der Waals surface area (Å²) < 4.78 is 0. The van der Waals surface area contributed by atoms with Gasteiger partial charge in [-0.3, -0.25) is 19.2 Å². The van der Waals surface area contributed by atoms with Gasteiger partial charge in [0.2, 0.25) is 17.7 Å². The number of nitrogens with one attached hydrogen (secondary N) is 3. The average molecular weight is 485 g/mol. The van der Waals surface area contributed by atoms with Crippen molar-refractivity contribution in [3.63, 3.8) is 0 Å². The largest absolute Gasteiger partial charge is 0.481 e. The molecule has 7 N–H and O–H groups in total. The average Bonchev–Trinajstić information content (AvgIpc) is 2.83. The Balaban J connectivity index is 2.26. The van der Waals surface area contributed by atoms with E-state index in [1.54, 1.807) is 60.7 Å². The van der Waals surface area contributed by atoms with Crippen LogP contribution in [0.1, 0.15) is 17.5 Å². The van der Waals surface area contributed by atoms with E-state index in [2.05, 4.69) is 16.0 Å². The van der Waals surface area contributed by atoms with Crippen LogP contribution in [0, 0.1) is 0 Å². The maximum atomic E-state index is 13.1. The summed E-state index contributed by atoms with van der Waals surface area (Å²) in [5.41, 5.74) is 6.80. The molecule has 0 fully saturated rings. The van der Waals surface area contributed by atoms with E-state index in [0.29, 0.717) is 5.56 Å². The van der Waals surface area contributed by atoms with Gasteiger partial charge in [0.15, 0.2) is 0 Å². The minimum atomic E-state index is -1.69. The highest BCUT2D eigenvalue weighted by molar-refractivity contribution is 5.94. The summed E-state index contributed by atoms with van der Waals surface area (Å²) in [5.74, 6) is -5.06. The van der Waals surface area contributed by atoms with E-state index in [1.165, 1.54) is 0 Å². The van der Waals surface area contributed by atoms with Crippen molar-refractivity contribution in [2.45, 2.75) is 37.4 Å². The van der Waals surface area contributed by atoms with Crippen molar-refractivity contribution in [2.24, 2.45) is 5.73 Å². The van der Waals surface area contributed by atoms with Crippen molar-refractivity contribution in [3.8, 4) is 0 Å². The number of carboxylic acid groups (broad SMARTS) is 2. The number of rotatable bonds is 13. The molecule has 0 spiro atoms. The fraction of sp³-hybridized carbons (Fsp3) is 0.292. The normalized spacial score (nSPS) is 13.1. The second-order valence-electron chi connectivity index (χ2n) is 7.76. The second kappa shape index (κ2) is 13.5. The molecule has 0 aliphatic rings. The Morgan fingerprint density at radius 1 is 0.686 bits per heavy atom. The first-order chi connectivity index (χ1) is 16.7. The van der Waals surface area contributed by atoms with Crippen LogP contribution in [0.4, 0.5) is 0 Å². The fourth-order valence-electron chi connectivity index (χ4n) is 3.29. The van der Waals surface area contributed by atoms with Crippen molar-refractivity contribution in [2.75, 3.05) is 6.54 Å². The molecule has 0 aliphatic carbocycles. The Morgan fingerprint density at radius 2 is 1.11 bits per heavy atom. The van der Waals surface area contributed by atoms with Crippen molar-refractivity contribution >= 4 is 29.7 Å². The molecule has 3 amide bonds. The molecule has 0 aromatic heterocycles. The van der Waals surface area contributed by atoms with Crippen LogP contribution >= 0.6 is 0 Å². The van der Waals surface area contributed by atoms with Crippen molar-refractivity contribution in [3.05, 3.63) is 71.8 Å². The van der Waals surface area contributed by atoms with Gasteiger partial charge in [-0.05, 0) is 11.1 Å². The zero-order valence-corrected chi connectivity index (χ0v) is 18.8. The van der Waals surface area contributed by atoms with E-state index < -0.39 is 54.2 Å². The molecule has 0 heterocycles. The number of hydrogen-bond acceptors (Lipinski definition) is 6. The Labute approximate surface area is 201 Å². The van der Waals surface area contributed by atoms with Crippen LogP contribution in [0.2, 0.25) is 0 Å². The molecule has 0 saturated heterocycles. The van der Waals surface area contributed by atoms with Gasteiger partial charge in [0, 0.05) is 12.8 Å². The molecular formula is C24H28N4O7. The Bertz CT molecular complexity index is 1030. The van der Waals surface area contributed by atoms with Gasteiger partial charge in [-0.2, -0.15) is 0 Å². The van der Waals surface area contributed by atoms with Crippen LogP contribution in [0.3, 0.4) is 0 Å². The minimum absolute atomic E-state index is 0.000710. The third-order valence-electron chi connectivity index (χ3n) is 5.03. The summed E-state index contributed by atoms with van der Waals surface area (Å²) in [6.45, 7) is -0.345. The highest BCUT2D eigenvalue weighted by Gasteiger charge is 2.30. The van der Waals surface area contributed by atoms with Crippen molar-refractivity contribution in [1.29, 1.82) is 0 Å². The lowest BCUT2D eigenvalue weighted by Crippen LogP contribution is -2.57. The number of carbonyl (C=O) groups excluding carboxylic acids is 3. The lowest BCUT2D eigenvalue weighted by molar-refractivity contribution is -0.147. The van der Waals surface area contributed by atoms with Gasteiger partial charge in [-0.1, -0.05) is 60.7 Å². The van der Waals surface area contributed by atoms with Crippen LogP contribution in [-0.4, -0.2) is 64.5 Å². The molecular weight excluding hydrogens is 456 g/mol. The first-order valence-electron chi connectivity index (χ1n) is 10.8. The first kappa shape index (κ1) is 27.0. The lowest BCUT2D eigenvalue weighted by atomic mass is 10.0. The number of nitrogens with two attached hydrogens (primary N) is 1. The summed E-state index contributed by atoms with van der Waals surface area (Å²) in [7, 11) is 0. The fourth-order valence-corrected chi connectivity index (χ4v) is 3.29. The molecule has 11 nitrogen and oxygen atoms in total. The third kappa shape index (κ3) is 9.26. The summed E-state index contributed by atoms with van der Waals surface area (Å²) in [5, 5.41) is 25.5. The number of carboxylic acids is 2. The van der Waals surface area contributed by atoms with E-state index >= 15 is 0 Å². The van der Waals surface area contributed by atoms with E-state index in [-0.39, 0.29) is 19.4 Å². The zero-order valence-electron chi connectivity index (χ0n) is 18.8. The van der Waals surface area contributed by atoms with E-state index in [9.17, 15) is 29.1 Å². The van der Waals surface area contributed by atoms with Gasteiger partial charge in [-0.15, -0.1) is 0 Å². The summed E-state index contributed by atoms with van der Waals surface area (Å²) in [6.07, 6.45) is -0.716. The third-order valence-corrected chi connectivity index (χ3v) is 5.03. The molecule has 0 bridgehead atoms. The monoisotopic (exact) mass is 484 g/mol. The Hall–Kier alpha value is -4.25. The predicted molar refractivity (Wildman–Crippen MR) is 125 cm³/mol. The summed E-state index contributed by atoms with van der Waals surface area (Å²) >= 11 is 0. The van der Waals surface area contributed by atoms with Gasteiger partial charge in [-0.25, -0.2) is 4.79 Å². The van der Waals surface area contributed by atoms with Crippen molar-refractivity contribution < 1.29 is 34.2 Å². The van der Waals surface area contributed by atoms with E-state index in [0.717, 1.165) is 5.56 Å². The molecule has 11 heteroatoms. The molecule has 0 radical (unpaired) electrons. The predicted octanol–water partition coefficient (Wildman–Crippen LogP) is -0.556. The zero-order chi connectivity index (χ0) is 25.8. The molecule has 0 saturated carbocycles. The van der Waals surface area contributed by atoms with E-state index in [4.69, 9.17) is 10.8 Å². The molecule has 2 aromatic rings. The molecule has 0 aliphatic heterocycles. The minimum Gasteiger partial charge on any atom is -0.481 e. The molecule has 2 rings (SSSR count). The quantitative estimate of drug-likeness (QED) is 0.218. The molecule has 186 valence electrons. The smallest absolute Gasteiger partial charge is 0.326 e. The highest BCUT2D eigenvalue weighted by atomic mass is 16.4. The second-order valence-corrected chi connectivity index (χ2v) is 7.76. The molecule has 35 heavy (non-hydrogen) atoms. The number of amides is 3. The van der Waals surface area contributed by atoms with Crippen LogP contribution < -0.4 is 21.7 Å². The van der Waals surface area contributed by atoms with Crippen LogP contribution in [0.15, 0.2) is 60.7 Å². The Morgan fingerprint density at radius 3 is 1.51 bits per heavy atom. The van der Waals surface area contributed by atoms with Gasteiger partial charge < -0.3 is 31.9 Å². The van der Waals surface area contributed by atoms with Crippen LogP contribution in [0.25, 0.3) is 0 Å². The molecule has 2 aromatic carbocycles. The first-order valence-corrected chi connectivity index (χ1v) is 10.8. The van der Waals surface area contributed by atoms with E-state index in [1.807, 2.05) is 0 Å². The standard InChI is InChI=1S/C24H28N4O7/c25-14-20(29)26-17(11-15-7-3-1-4-8-15)22(32)27-18(12-16-9-5-2-6-10-16)23(33)28-19(24(34)35)13-21(30)31/h1-10,17-19H,11-14,25H2,(H,26,29)(H,27,32)(H,28,33)(H,30,31)(H,34,35). The van der Waals surface area contributed by atoms with Gasteiger partial charge in [0.05, 0.1) is 13.0 Å². The van der Waals surface area contributed by atoms with Crippen molar-refractivity contribution in [1.82, 2.24) is 16.0 Å². The maximum Gasteiger partial charge on any atom is 0.326 e. The summed E-state index contributed by atoms with van der Waals surface area (Å²) in [4.78, 5) is 60.4. The number of hydrogen-bond donors (Lipinski definition) is 6. The van der Waals surface area contributed by atoms with Crippen LogP contribution in [-0.2, 0) is 36.8 Å². The topological polar surface area (TPSA) is 188 Å². The molecule has 3 atom stereocenters. The van der Waals surface area contributed by atoms with Crippen LogP contribution in [0.5, 0.6) is 0 Å². The summed E-state index contributed by atoms with van der Waals surface area (Å²) in [6, 6.07) is 13.6. The number of aliphatic carboxylic acids is 2. The Kier molecular flexibility index (Phi) is 10.4. The maximum absolute atomic E-state index is 13.1. The van der Waals surface area contributed by atoms with Gasteiger partial charge >= 0.3 is 11.9 Å². The van der Waals surface area contributed by atoms with Gasteiger partial charge in [0.25, 0.3) is 0 Å². The highest BCUT2D eigenvalue weighted by Crippen LogP contribution is 2.08. The number of carbonyl (C=O) groups is 5. The SMILES string of the molecule is NCC(=O)NC(Cc1ccccc1)C(=O)NC(Cc1ccccc1)C(=O)NC(CC(=O)O)C(=O)O. The number of benzene rings is 2.